The van der Waals surface area contributed by atoms with Crippen molar-refractivity contribution in [3.63, 3.8) is 0 Å². The molecule has 6 nitrogen and oxygen atoms in total. The zero-order valence-electron chi connectivity index (χ0n) is 17.2. The van der Waals surface area contributed by atoms with Gasteiger partial charge in [-0.15, -0.1) is 0 Å². The molecule has 1 saturated heterocycles. The van der Waals surface area contributed by atoms with Gasteiger partial charge < -0.3 is 24.6 Å². The molecule has 6 heteroatoms. The second kappa shape index (κ2) is 8.74. The monoisotopic (exact) mass is 396 g/mol. The molecule has 154 valence electrons. The Morgan fingerprint density at radius 3 is 2.59 bits per heavy atom. The summed E-state index contributed by atoms with van der Waals surface area (Å²) in [6.07, 6.45) is 2.49. The summed E-state index contributed by atoms with van der Waals surface area (Å²) in [5.41, 5.74) is 3.21. The highest BCUT2D eigenvalue weighted by Gasteiger charge is 2.17. The van der Waals surface area contributed by atoms with Gasteiger partial charge in [-0.25, -0.2) is 0 Å². The summed E-state index contributed by atoms with van der Waals surface area (Å²) in [6.45, 7) is 5.97. The largest absolute Gasteiger partial charge is 0.454 e. The average molecular weight is 397 g/mol. The Morgan fingerprint density at radius 2 is 1.83 bits per heavy atom. The molecule has 4 rings (SSSR count). The number of anilines is 2. The highest BCUT2D eigenvalue weighted by Crippen LogP contribution is 2.32. The van der Waals surface area contributed by atoms with Gasteiger partial charge in [-0.05, 0) is 61.2 Å². The van der Waals surface area contributed by atoms with E-state index >= 15 is 0 Å². The number of benzene rings is 2. The zero-order valence-corrected chi connectivity index (χ0v) is 17.2. The molecule has 2 aromatic carbocycles. The molecule has 0 saturated carbocycles. The fourth-order valence-electron chi connectivity index (χ4n) is 3.96. The van der Waals surface area contributed by atoms with Gasteiger partial charge in [0.05, 0.1) is 7.05 Å². The van der Waals surface area contributed by atoms with E-state index in [4.69, 9.17) is 9.47 Å². The molecule has 2 aliphatic rings. The molecule has 1 fully saturated rings. The van der Waals surface area contributed by atoms with Crippen molar-refractivity contribution in [3.05, 3.63) is 48.0 Å². The number of hydrogen-bond donors (Lipinski definition) is 2. The summed E-state index contributed by atoms with van der Waals surface area (Å²) in [5, 5.41) is 3.01. The quantitative estimate of drug-likeness (QED) is 0.787. The number of hydrogen-bond acceptors (Lipinski definition) is 4. The average Bonchev–Trinajstić information content (AvgIpc) is 3.17. The first-order valence-electron chi connectivity index (χ1n) is 10.4. The lowest BCUT2D eigenvalue weighted by molar-refractivity contribution is -0.885. The molecular weight excluding hydrogens is 366 g/mol. The first kappa shape index (κ1) is 19.6. The Balaban J connectivity index is 1.26. The summed E-state index contributed by atoms with van der Waals surface area (Å²) >= 11 is 0. The number of ether oxygens (including phenoxy) is 2. The van der Waals surface area contributed by atoms with Crippen LogP contribution in [0.5, 0.6) is 11.5 Å². The fourth-order valence-corrected chi connectivity index (χ4v) is 3.96. The van der Waals surface area contributed by atoms with Crippen LogP contribution in [-0.4, -0.2) is 39.4 Å². The third-order valence-electron chi connectivity index (χ3n) is 5.71. The SMILES string of the molecule is CC1CCN(c2ccc(NC(=O)C[NH+](C)Cc3ccc4c(c3)OCO4)cc2)CC1. The molecule has 0 aromatic heterocycles. The second-order valence-corrected chi connectivity index (χ2v) is 8.26. The van der Waals surface area contributed by atoms with Gasteiger partial charge in [0, 0.05) is 30.0 Å². The minimum absolute atomic E-state index is 0.0165. The third-order valence-corrected chi connectivity index (χ3v) is 5.71. The fraction of sp³-hybridized carbons (Fsp3) is 0.435. The first-order valence-corrected chi connectivity index (χ1v) is 10.4. The van der Waals surface area contributed by atoms with Gasteiger partial charge in [0.15, 0.2) is 18.0 Å². The lowest BCUT2D eigenvalue weighted by Crippen LogP contribution is -3.08. The van der Waals surface area contributed by atoms with Crippen LogP contribution in [0.15, 0.2) is 42.5 Å². The Labute approximate surface area is 172 Å². The molecule has 1 unspecified atom stereocenters. The van der Waals surface area contributed by atoms with E-state index in [0.717, 1.165) is 53.2 Å². The van der Waals surface area contributed by atoms with E-state index in [1.807, 2.05) is 37.4 Å². The van der Waals surface area contributed by atoms with Crippen LogP contribution < -0.4 is 24.6 Å². The lowest BCUT2D eigenvalue weighted by Gasteiger charge is -2.32. The van der Waals surface area contributed by atoms with Crippen LogP contribution in [0.2, 0.25) is 0 Å². The van der Waals surface area contributed by atoms with E-state index in [9.17, 15) is 4.79 Å². The minimum Gasteiger partial charge on any atom is -0.454 e. The molecule has 1 atom stereocenters. The number of rotatable bonds is 6. The standard InChI is InChI=1S/C23H29N3O3/c1-17-9-11-26(12-10-17)20-6-4-19(5-7-20)24-23(27)15-25(2)14-18-3-8-21-22(13-18)29-16-28-21/h3-8,13,17H,9-12,14-16H2,1-2H3,(H,24,27)/p+1. The van der Waals surface area contributed by atoms with E-state index in [2.05, 4.69) is 29.3 Å². The van der Waals surface area contributed by atoms with Crippen LogP contribution in [-0.2, 0) is 11.3 Å². The van der Waals surface area contributed by atoms with E-state index in [-0.39, 0.29) is 12.7 Å². The molecule has 29 heavy (non-hydrogen) atoms. The maximum Gasteiger partial charge on any atom is 0.279 e. The molecule has 1 amide bonds. The van der Waals surface area contributed by atoms with Gasteiger partial charge in [0.25, 0.3) is 5.91 Å². The number of carbonyl (C=O) groups is 1. The van der Waals surface area contributed by atoms with Crippen molar-refractivity contribution in [1.29, 1.82) is 0 Å². The van der Waals surface area contributed by atoms with Crippen molar-refractivity contribution in [2.24, 2.45) is 5.92 Å². The van der Waals surface area contributed by atoms with E-state index in [0.29, 0.717) is 6.54 Å². The van der Waals surface area contributed by atoms with Crippen molar-refractivity contribution >= 4 is 17.3 Å². The smallest absolute Gasteiger partial charge is 0.279 e. The van der Waals surface area contributed by atoms with Gasteiger partial charge in [-0.1, -0.05) is 6.92 Å². The Bertz CT molecular complexity index is 845. The van der Waals surface area contributed by atoms with Gasteiger partial charge >= 0.3 is 0 Å². The van der Waals surface area contributed by atoms with Crippen LogP contribution in [0.25, 0.3) is 0 Å². The number of nitrogens with zero attached hydrogens (tertiary/aromatic N) is 1. The highest BCUT2D eigenvalue weighted by molar-refractivity contribution is 5.91. The van der Waals surface area contributed by atoms with Crippen molar-refractivity contribution < 1.29 is 19.2 Å². The van der Waals surface area contributed by atoms with Crippen LogP contribution in [0.1, 0.15) is 25.3 Å². The molecular formula is C23H30N3O3+. The van der Waals surface area contributed by atoms with Crippen molar-refractivity contribution in [2.75, 3.05) is 43.7 Å². The van der Waals surface area contributed by atoms with Gasteiger partial charge in [0.1, 0.15) is 6.54 Å². The second-order valence-electron chi connectivity index (χ2n) is 8.26. The van der Waals surface area contributed by atoms with Gasteiger partial charge in [-0.3, -0.25) is 4.79 Å². The predicted octanol–water partition coefficient (Wildman–Crippen LogP) is 2.30. The molecule has 0 bridgehead atoms. The Kier molecular flexibility index (Phi) is 5.90. The molecule has 2 N–H and O–H groups in total. The number of amides is 1. The summed E-state index contributed by atoms with van der Waals surface area (Å²) in [5.74, 6) is 2.40. The molecule has 2 aliphatic heterocycles. The van der Waals surface area contributed by atoms with Crippen LogP contribution in [0.3, 0.4) is 0 Å². The highest BCUT2D eigenvalue weighted by atomic mass is 16.7. The Hall–Kier alpha value is -2.73. The normalized spacial score (nSPS) is 17.2. The molecule has 2 aromatic rings. The molecule has 0 aliphatic carbocycles. The number of carbonyl (C=O) groups excluding carboxylic acids is 1. The maximum absolute atomic E-state index is 12.4. The van der Waals surface area contributed by atoms with Crippen molar-refractivity contribution in [1.82, 2.24) is 0 Å². The molecule has 2 heterocycles. The molecule has 0 radical (unpaired) electrons. The topological polar surface area (TPSA) is 55.2 Å². The summed E-state index contributed by atoms with van der Waals surface area (Å²) in [7, 11) is 2.02. The van der Waals surface area contributed by atoms with E-state index in [1.54, 1.807) is 0 Å². The number of quaternary nitrogens is 1. The van der Waals surface area contributed by atoms with Crippen LogP contribution in [0.4, 0.5) is 11.4 Å². The number of fused-ring (bicyclic) bond motifs is 1. The zero-order chi connectivity index (χ0) is 20.2. The van der Waals surface area contributed by atoms with E-state index in [1.165, 1.54) is 18.5 Å². The predicted molar refractivity (Wildman–Crippen MR) is 114 cm³/mol. The Morgan fingerprint density at radius 1 is 1.10 bits per heavy atom. The first-order chi connectivity index (χ1) is 14.1. The summed E-state index contributed by atoms with van der Waals surface area (Å²) < 4.78 is 10.8. The summed E-state index contributed by atoms with van der Waals surface area (Å²) in [4.78, 5) is 16.0. The van der Waals surface area contributed by atoms with Gasteiger partial charge in [0.2, 0.25) is 6.79 Å². The number of piperidine rings is 1. The lowest BCUT2D eigenvalue weighted by atomic mass is 9.99. The third kappa shape index (κ3) is 5.01. The van der Waals surface area contributed by atoms with Gasteiger partial charge in [-0.2, -0.15) is 0 Å². The van der Waals surface area contributed by atoms with Crippen LogP contribution in [0, 0.1) is 5.92 Å². The van der Waals surface area contributed by atoms with Crippen LogP contribution >= 0.6 is 0 Å². The number of likely N-dealkylation sites (N-methyl/N-ethyl adjacent to an activating group) is 1. The minimum atomic E-state index is 0.0165. The van der Waals surface area contributed by atoms with Crippen molar-refractivity contribution in [3.8, 4) is 11.5 Å². The van der Waals surface area contributed by atoms with E-state index < -0.39 is 0 Å². The maximum atomic E-state index is 12.4. The number of nitrogens with one attached hydrogen (secondary N) is 2. The molecule has 0 spiro atoms. The summed E-state index contributed by atoms with van der Waals surface area (Å²) in [6, 6.07) is 14.1. The van der Waals surface area contributed by atoms with Crippen molar-refractivity contribution in [2.45, 2.75) is 26.3 Å².